The third kappa shape index (κ3) is 3.86. The number of amides is 1. The first kappa shape index (κ1) is 16.7. The van der Waals surface area contributed by atoms with Crippen LogP contribution in [0.15, 0.2) is 48.7 Å². The van der Waals surface area contributed by atoms with E-state index in [4.69, 9.17) is 5.11 Å². The molecule has 6 nitrogen and oxygen atoms in total. The van der Waals surface area contributed by atoms with Crippen LogP contribution in [-0.2, 0) is 13.2 Å². The van der Waals surface area contributed by atoms with Crippen molar-refractivity contribution in [2.24, 2.45) is 0 Å². The second kappa shape index (κ2) is 7.18. The first-order chi connectivity index (χ1) is 12.1. The molecule has 3 rings (SSSR count). The fraction of sp³-hybridized carbons (Fsp3) is 0.118. The van der Waals surface area contributed by atoms with Gasteiger partial charge in [-0.1, -0.05) is 6.07 Å². The van der Waals surface area contributed by atoms with Gasteiger partial charge in [-0.2, -0.15) is 9.90 Å². The lowest BCUT2D eigenvalue weighted by Crippen LogP contribution is -2.23. The maximum absolute atomic E-state index is 13.3. The molecule has 0 aliphatic rings. The van der Waals surface area contributed by atoms with Crippen LogP contribution >= 0.6 is 0 Å². The van der Waals surface area contributed by atoms with Gasteiger partial charge in [-0.25, -0.2) is 8.78 Å². The second-order valence-electron chi connectivity index (χ2n) is 5.26. The van der Waals surface area contributed by atoms with Gasteiger partial charge in [0.15, 0.2) is 5.69 Å². The van der Waals surface area contributed by atoms with E-state index in [2.05, 4.69) is 15.5 Å². The Bertz CT molecular complexity index is 894. The third-order valence-corrected chi connectivity index (χ3v) is 3.52. The van der Waals surface area contributed by atoms with Gasteiger partial charge >= 0.3 is 0 Å². The van der Waals surface area contributed by atoms with E-state index in [1.54, 1.807) is 0 Å². The van der Waals surface area contributed by atoms with Crippen LogP contribution in [0.3, 0.4) is 0 Å². The normalized spacial score (nSPS) is 10.7. The van der Waals surface area contributed by atoms with Crippen molar-refractivity contribution in [1.82, 2.24) is 20.3 Å². The second-order valence-corrected chi connectivity index (χ2v) is 5.26. The predicted octanol–water partition coefficient (Wildman–Crippen LogP) is 1.97. The fourth-order valence-corrected chi connectivity index (χ4v) is 2.20. The van der Waals surface area contributed by atoms with Crippen molar-refractivity contribution in [2.75, 3.05) is 0 Å². The van der Waals surface area contributed by atoms with Gasteiger partial charge in [-0.05, 0) is 42.0 Å². The molecule has 0 saturated heterocycles. The van der Waals surface area contributed by atoms with Crippen LogP contribution < -0.4 is 5.32 Å². The molecule has 0 fully saturated rings. The molecule has 0 aliphatic carbocycles. The van der Waals surface area contributed by atoms with Crippen LogP contribution in [0.5, 0.6) is 0 Å². The van der Waals surface area contributed by atoms with Crippen LogP contribution in [0.1, 0.15) is 21.6 Å². The van der Waals surface area contributed by atoms with E-state index in [1.807, 2.05) is 0 Å². The first-order valence-electron chi connectivity index (χ1n) is 7.41. The molecular formula is C17H14F2N4O2. The van der Waals surface area contributed by atoms with Crippen LogP contribution in [0.2, 0.25) is 0 Å². The molecule has 1 heterocycles. The number of carbonyl (C=O) groups excluding carboxylic acids is 1. The summed E-state index contributed by atoms with van der Waals surface area (Å²) in [5.74, 6) is -1.33. The minimum Gasteiger partial charge on any atom is -0.392 e. The quantitative estimate of drug-likeness (QED) is 0.742. The summed E-state index contributed by atoms with van der Waals surface area (Å²) in [5, 5.41) is 19.7. The molecule has 2 aromatic carbocycles. The highest BCUT2D eigenvalue weighted by Crippen LogP contribution is 2.11. The highest BCUT2D eigenvalue weighted by Gasteiger charge is 2.12. The zero-order chi connectivity index (χ0) is 17.8. The molecule has 0 saturated carbocycles. The molecule has 0 atom stereocenters. The van der Waals surface area contributed by atoms with Crippen LogP contribution in [-0.4, -0.2) is 26.0 Å². The van der Waals surface area contributed by atoms with Gasteiger partial charge in [-0.3, -0.25) is 4.79 Å². The van der Waals surface area contributed by atoms with Gasteiger partial charge < -0.3 is 10.4 Å². The monoisotopic (exact) mass is 344 g/mol. The minimum absolute atomic E-state index is 0.0915. The van der Waals surface area contributed by atoms with E-state index >= 15 is 0 Å². The molecule has 2 N–H and O–H groups in total. The molecule has 0 bridgehead atoms. The van der Waals surface area contributed by atoms with Gasteiger partial charge in [0.2, 0.25) is 0 Å². The number of aliphatic hydroxyl groups is 1. The topological polar surface area (TPSA) is 80.0 Å². The molecule has 0 spiro atoms. The number of carbonyl (C=O) groups is 1. The molecule has 1 aromatic heterocycles. The molecule has 0 radical (unpaired) electrons. The standard InChI is InChI=1S/C17H14F2N4O2/c18-13-2-4-14(5-3-13)23-21-9-16(22-23)17(25)20-8-11-1-6-15(19)12(7-11)10-24/h1-7,9,24H,8,10H2,(H,20,25). The van der Waals surface area contributed by atoms with Crippen molar-refractivity contribution in [3.8, 4) is 5.69 Å². The summed E-state index contributed by atoms with van der Waals surface area (Å²) in [4.78, 5) is 13.3. The van der Waals surface area contributed by atoms with Gasteiger partial charge in [0, 0.05) is 12.1 Å². The molecule has 8 heteroatoms. The van der Waals surface area contributed by atoms with Crippen molar-refractivity contribution in [3.05, 3.63) is 77.1 Å². The lowest BCUT2D eigenvalue weighted by Gasteiger charge is -2.06. The molecule has 3 aromatic rings. The molecule has 0 aliphatic heterocycles. The molecule has 0 unspecified atom stereocenters. The summed E-state index contributed by atoms with van der Waals surface area (Å²) in [5.41, 5.74) is 1.42. The Morgan fingerprint density at radius 1 is 1.16 bits per heavy atom. The number of nitrogens with one attached hydrogen (secondary N) is 1. The highest BCUT2D eigenvalue weighted by molar-refractivity contribution is 5.91. The molecule has 128 valence electrons. The minimum atomic E-state index is -0.500. The summed E-state index contributed by atoms with van der Waals surface area (Å²) in [6.07, 6.45) is 1.29. The first-order valence-corrected chi connectivity index (χ1v) is 7.41. The molecule has 25 heavy (non-hydrogen) atoms. The van der Waals surface area contributed by atoms with E-state index in [9.17, 15) is 13.6 Å². The number of hydrogen-bond donors (Lipinski definition) is 2. The summed E-state index contributed by atoms with van der Waals surface area (Å²) in [6.45, 7) is -0.269. The van der Waals surface area contributed by atoms with Crippen molar-refractivity contribution in [3.63, 3.8) is 0 Å². The van der Waals surface area contributed by atoms with Crippen LogP contribution in [0.25, 0.3) is 5.69 Å². The Balaban J connectivity index is 1.67. The smallest absolute Gasteiger partial charge is 0.273 e. The Hall–Kier alpha value is -3.13. The van der Waals surface area contributed by atoms with E-state index in [0.717, 1.165) is 0 Å². The van der Waals surface area contributed by atoms with Crippen molar-refractivity contribution < 1.29 is 18.7 Å². The molecule has 1 amide bonds. The number of halogens is 2. The van der Waals surface area contributed by atoms with Gasteiger partial charge in [0.1, 0.15) is 11.6 Å². The highest BCUT2D eigenvalue weighted by atomic mass is 19.1. The maximum Gasteiger partial charge on any atom is 0.273 e. The van der Waals surface area contributed by atoms with E-state index < -0.39 is 18.3 Å². The van der Waals surface area contributed by atoms with Gasteiger partial charge in [0.05, 0.1) is 18.5 Å². The Morgan fingerprint density at radius 2 is 1.92 bits per heavy atom. The maximum atomic E-state index is 13.3. The SMILES string of the molecule is O=C(NCc1ccc(F)c(CO)c1)c1cnn(-c2ccc(F)cc2)n1. The van der Waals surface area contributed by atoms with Gasteiger partial charge in [0.25, 0.3) is 5.91 Å². The molecular weight excluding hydrogens is 330 g/mol. The Labute approximate surface area is 141 Å². The summed E-state index contributed by atoms with van der Waals surface area (Å²) >= 11 is 0. The lowest BCUT2D eigenvalue weighted by atomic mass is 10.1. The summed E-state index contributed by atoms with van der Waals surface area (Å²) in [6, 6.07) is 9.75. The Morgan fingerprint density at radius 3 is 2.64 bits per heavy atom. The average Bonchev–Trinajstić information content (AvgIpc) is 3.11. The summed E-state index contributed by atoms with van der Waals surface area (Å²) in [7, 11) is 0. The predicted molar refractivity (Wildman–Crippen MR) is 84.8 cm³/mol. The van der Waals surface area contributed by atoms with E-state index in [0.29, 0.717) is 11.3 Å². The Kier molecular flexibility index (Phi) is 4.80. The fourth-order valence-electron chi connectivity index (χ4n) is 2.20. The zero-order valence-corrected chi connectivity index (χ0v) is 13.0. The van der Waals surface area contributed by atoms with Crippen molar-refractivity contribution in [1.29, 1.82) is 0 Å². The van der Waals surface area contributed by atoms with Crippen molar-refractivity contribution >= 4 is 5.91 Å². The van der Waals surface area contributed by atoms with Gasteiger partial charge in [-0.15, -0.1) is 5.10 Å². The number of rotatable bonds is 5. The lowest BCUT2D eigenvalue weighted by molar-refractivity contribution is 0.0945. The summed E-state index contributed by atoms with van der Waals surface area (Å²) < 4.78 is 26.3. The van der Waals surface area contributed by atoms with Crippen molar-refractivity contribution in [2.45, 2.75) is 13.2 Å². The van der Waals surface area contributed by atoms with E-state index in [-0.39, 0.29) is 23.6 Å². The largest absolute Gasteiger partial charge is 0.392 e. The number of aliphatic hydroxyl groups excluding tert-OH is 1. The number of hydrogen-bond acceptors (Lipinski definition) is 4. The van der Waals surface area contributed by atoms with Crippen LogP contribution in [0, 0.1) is 11.6 Å². The number of nitrogens with zero attached hydrogens (tertiary/aromatic N) is 3. The number of aromatic nitrogens is 3. The average molecular weight is 344 g/mol. The zero-order valence-electron chi connectivity index (χ0n) is 13.0. The third-order valence-electron chi connectivity index (χ3n) is 3.52. The van der Waals surface area contributed by atoms with Crippen LogP contribution in [0.4, 0.5) is 8.78 Å². The van der Waals surface area contributed by atoms with E-state index in [1.165, 1.54) is 53.5 Å². The number of benzene rings is 2.